The van der Waals surface area contributed by atoms with Crippen LogP contribution >= 0.6 is 39.5 Å². The van der Waals surface area contributed by atoms with Crippen LogP contribution in [0, 0.1) is 0 Å². The standard InChI is InChI=1S/C11H10BrClN2OS/c1-7-10(12)6-15(17-7)11(16)14-9-4-2-3-8(13)5-9/h2-7H,1H3,(H,14,16). The number of benzene rings is 1. The van der Waals surface area contributed by atoms with E-state index in [1.54, 1.807) is 34.8 Å². The van der Waals surface area contributed by atoms with Crippen molar-refractivity contribution in [1.29, 1.82) is 0 Å². The largest absolute Gasteiger partial charge is 0.336 e. The van der Waals surface area contributed by atoms with Gasteiger partial charge in [-0.1, -0.05) is 33.6 Å². The highest BCUT2D eigenvalue weighted by Crippen LogP contribution is 2.35. The molecule has 1 aromatic rings. The van der Waals surface area contributed by atoms with E-state index in [2.05, 4.69) is 21.2 Å². The summed E-state index contributed by atoms with van der Waals surface area (Å²) < 4.78 is 2.57. The number of hydrogen-bond acceptors (Lipinski definition) is 2. The van der Waals surface area contributed by atoms with Gasteiger partial charge in [0.05, 0.1) is 5.25 Å². The van der Waals surface area contributed by atoms with Crippen LogP contribution in [0.3, 0.4) is 0 Å². The molecule has 2 rings (SSSR count). The Kier molecular flexibility index (Phi) is 4.01. The highest BCUT2D eigenvalue weighted by atomic mass is 79.9. The smallest absolute Gasteiger partial charge is 0.307 e. The van der Waals surface area contributed by atoms with Crippen molar-refractivity contribution in [2.24, 2.45) is 0 Å². The lowest BCUT2D eigenvalue weighted by Crippen LogP contribution is -2.23. The maximum absolute atomic E-state index is 11.9. The van der Waals surface area contributed by atoms with Gasteiger partial charge >= 0.3 is 6.03 Å². The van der Waals surface area contributed by atoms with Gasteiger partial charge in [0.2, 0.25) is 0 Å². The van der Waals surface area contributed by atoms with Crippen molar-refractivity contribution >= 4 is 51.2 Å². The van der Waals surface area contributed by atoms with Gasteiger partial charge in [-0.2, -0.15) is 0 Å². The van der Waals surface area contributed by atoms with Crippen molar-refractivity contribution in [3.63, 3.8) is 0 Å². The number of carbonyl (C=O) groups is 1. The fourth-order valence-electron chi connectivity index (χ4n) is 1.32. The molecule has 1 aliphatic rings. The van der Waals surface area contributed by atoms with E-state index < -0.39 is 0 Å². The zero-order valence-corrected chi connectivity index (χ0v) is 12.1. The Morgan fingerprint density at radius 2 is 2.35 bits per heavy atom. The molecule has 2 amide bonds. The summed E-state index contributed by atoms with van der Waals surface area (Å²) >= 11 is 10.7. The van der Waals surface area contributed by atoms with E-state index in [-0.39, 0.29) is 11.3 Å². The molecule has 0 aromatic heterocycles. The van der Waals surface area contributed by atoms with E-state index in [1.165, 1.54) is 11.9 Å². The number of amides is 2. The molecule has 0 saturated heterocycles. The van der Waals surface area contributed by atoms with Crippen LogP contribution in [0.1, 0.15) is 6.92 Å². The molecule has 0 radical (unpaired) electrons. The van der Waals surface area contributed by atoms with Crippen molar-refractivity contribution in [3.8, 4) is 0 Å². The third-order valence-electron chi connectivity index (χ3n) is 2.18. The van der Waals surface area contributed by atoms with Crippen LogP contribution in [0.4, 0.5) is 10.5 Å². The van der Waals surface area contributed by atoms with Crippen molar-refractivity contribution in [2.45, 2.75) is 12.2 Å². The second-order valence-electron chi connectivity index (χ2n) is 3.53. The van der Waals surface area contributed by atoms with Crippen LogP contribution in [-0.2, 0) is 0 Å². The van der Waals surface area contributed by atoms with Crippen LogP contribution in [0.2, 0.25) is 5.02 Å². The van der Waals surface area contributed by atoms with Gasteiger partial charge < -0.3 is 5.32 Å². The van der Waals surface area contributed by atoms with Crippen molar-refractivity contribution in [2.75, 3.05) is 5.32 Å². The number of rotatable bonds is 1. The lowest BCUT2D eigenvalue weighted by atomic mass is 10.3. The van der Waals surface area contributed by atoms with E-state index in [1.807, 2.05) is 6.92 Å². The van der Waals surface area contributed by atoms with Crippen molar-refractivity contribution in [1.82, 2.24) is 4.31 Å². The average Bonchev–Trinajstić information content (AvgIpc) is 2.59. The molecule has 1 heterocycles. The fraction of sp³-hybridized carbons (Fsp3) is 0.182. The van der Waals surface area contributed by atoms with Gasteiger partial charge in [-0.25, -0.2) is 9.10 Å². The first-order valence-electron chi connectivity index (χ1n) is 4.96. The number of hydrogen-bond donors (Lipinski definition) is 1. The second-order valence-corrected chi connectivity index (χ2v) is 6.19. The maximum atomic E-state index is 11.9. The van der Waals surface area contributed by atoms with Crippen LogP contribution in [0.25, 0.3) is 0 Å². The fourth-order valence-corrected chi connectivity index (χ4v) is 2.92. The first-order valence-corrected chi connectivity index (χ1v) is 6.97. The molecular formula is C11H10BrClN2OS. The van der Waals surface area contributed by atoms with Crippen LogP contribution in [-0.4, -0.2) is 15.6 Å². The van der Waals surface area contributed by atoms with Gasteiger partial charge in [-0.05, 0) is 37.1 Å². The quantitative estimate of drug-likeness (QED) is 0.770. The molecule has 1 N–H and O–H groups in total. The molecule has 0 saturated carbocycles. The van der Waals surface area contributed by atoms with Crippen LogP contribution in [0.5, 0.6) is 0 Å². The van der Waals surface area contributed by atoms with E-state index >= 15 is 0 Å². The summed E-state index contributed by atoms with van der Waals surface area (Å²) in [6.07, 6.45) is 1.77. The average molecular weight is 334 g/mol. The first kappa shape index (κ1) is 12.8. The topological polar surface area (TPSA) is 32.3 Å². The van der Waals surface area contributed by atoms with E-state index in [4.69, 9.17) is 11.6 Å². The molecule has 1 aliphatic heterocycles. The van der Waals surface area contributed by atoms with Crippen LogP contribution < -0.4 is 5.32 Å². The number of halogens is 2. The summed E-state index contributed by atoms with van der Waals surface area (Å²) in [5.74, 6) is 0. The number of anilines is 1. The molecule has 1 unspecified atom stereocenters. The normalized spacial score (nSPS) is 19.1. The van der Waals surface area contributed by atoms with E-state index in [0.29, 0.717) is 10.7 Å². The summed E-state index contributed by atoms with van der Waals surface area (Å²) in [4.78, 5) is 11.9. The predicted molar refractivity (Wildman–Crippen MR) is 76.4 cm³/mol. The minimum absolute atomic E-state index is 0.182. The summed E-state index contributed by atoms with van der Waals surface area (Å²) in [6.45, 7) is 2.03. The zero-order valence-electron chi connectivity index (χ0n) is 8.98. The summed E-state index contributed by atoms with van der Waals surface area (Å²) in [7, 11) is 0. The van der Waals surface area contributed by atoms with Gasteiger partial charge in [-0.3, -0.25) is 0 Å². The molecule has 1 atom stereocenters. The Morgan fingerprint density at radius 1 is 1.59 bits per heavy atom. The summed E-state index contributed by atoms with van der Waals surface area (Å²) in [5, 5.41) is 3.65. The highest BCUT2D eigenvalue weighted by molar-refractivity contribution is 9.12. The molecule has 90 valence electrons. The van der Waals surface area contributed by atoms with Gasteiger partial charge in [-0.15, -0.1) is 0 Å². The Bertz CT molecular complexity index is 480. The molecule has 0 aliphatic carbocycles. The van der Waals surface area contributed by atoms with Gasteiger partial charge in [0, 0.05) is 21.4 Å². The molecule has 3 nitrogen and oxygen atoms in total. The molecule has 1 aromatic carbocycles. The lowest BCUT2D eigenvalue weighted by molar-refractivity contribution is 0.245. The molecular weight excluding hydrogens is 324 g/mol. The molecule has 6 heteroatoms. The van der Waals surface area contributed by atoms with Crippen molar-refractivity contribution < 1.29 is 4.79 Å². The molecule has 0 spiro atoms. The molecule has 0 fully saturated rings. The maximum Gasteiger partial charge on any atom is 0.336 e. The first-order chi connectivity index (χ1) is 8.06. The SMILES string of the molecule is CC1SN(C(=O)Nc2cccc(Cl)c2)C=C1Br. The lowest BCUT2D eigenvalue weighted by Gasteiger charge is -2.14. The third kappa shape index (κ3) is 3.18. The zero-order chi connectivity index (χ0) is 12.4. The molecule has 0 bridgehead atoms. The van der Waals surface area contributed by atoms with Gasteiger partial charge in [0.25, 0.3) is 0 Å². The van der Waals surface area contributed by atoms with E-state index in [9.17, 15) is 4.79 Å². The Hall–Kier alpha value is -0.650. The minimum Gasteiger partial charge on any atom is -0.307 e. The number of nitrogens with zero attached hydrogens (tertiary/aromatic N) is 1. The summed E-state index contributed by atoms with van der Waals surface area (Å²) in [5.41, 5.74) is 0.687. The second kappa shape index (κ2) is 5.33. The van der Waals surface area contributed by atoms with E-state index in [0.717, 1.165) is 4.48 Å². The number of urea groups is 1. The number of nitrogens with one attached hydrogen (secondary N) is 1. The van der Waals surface area contributed by atoms with Gasteiger partial charge in [0.1, 0.15) is 0 Å². The monoisotopic (exact) mass is 332 g/mol. The van der Waals surface area contributed by atoms with Crippen LogP contribution in [0.15, 0.2) is 34.9 Å². The Labute approximate surface area is 117 Å². The Balaban J connectivity index is 2.03. The molecule has 17 heavy (non-hydrogen) atoms. The minimum atomic E-state index is -0.182. The van der Waals surface area contributed by atoms with Crippen molar-refractivity contribution in [3.05, 3.63) is 40.0 Å². The predicted octanol–water partition coefficient (Wildman–Crippen LogP) is 4.46. The van der Waals surface area contributed by atoms with Gasteiger partial charge in [0.15, 0.2) is 0 Å². The number of carbonyl (C=O) groups excluding carboxylic acids is 1. The third-order valence-corrected chi connectivity index (χ3v) is 4.67. The summed E-state index contributed by atoms with van der Waals surface area (Å²) in [6, 6.07) is 6.89. The highest BCUT2D eigenvalue weighted by Gasteiger charge is 2.24. The Morgan fingerprint density at radius 3 is 2.94 bits per heavy atom.